The molecule has 1 aromatic rings. The van der Waals surface area contributed by atoms with Gasteiger partial charge < -0.3 is 20.1 Å². The molecule has 0 radical (unpaired) electrons. The lowest BCUT2D eigenvalue weighted by Gasteiger charge is -2.35. The number of carbonyl (C=O) groups is 1. The molecule has 0 unspecified atom stereocenters. The Morgan fingerprint density at radius 3 is 2.75 bits per heavy atom. The molecule has 3 atom stereocenters. The van der Waals surface area contributed by atoms with Gasteiger partial charge in [-0.2, -0.15) is 0 Å². The van der Waals surface area contributed by atoms with Crippen molar-refractivity contribution >= 4 is 18.3 Å². The zero-order valence-electron chi connectivity index (χ0n) is 17.6. The van der Waals surface area contributed by atoms with Crippen LogP contribution in [0.3, 0.4) is 0 Å². The molecule has 1 aliphatic rings. The number of amides is 1. The average molecular weight is 413 g/mol. The molecule has 0 aromatic heterocycles. The summed E-state index contributed by atoms with van der Waals surface area (Å²) in [6.07, 6.45) is 5.26. The second-order valence-electron chi connectivity index (χ2n) is 7.55. The van der Waals surface area contributed by atoms with Gasteiger partial charge in [0.1, 0.15) is 5.75 Å². The minimum Gasteiger partial charge on any atom is -0.494 e. The van der Waals surface area contributed by atoms with E-state index >= 15 is 0 Å². The smallest absolute Gasteiger partial charge is 0.225 e. The van der Waals surface area contributed by atoms with Crippen LogP contribution >= 0.6 is 12.4 Å². The van der Waals surface area contributed by atoms with Crippen molar-refractivity contribution in [2.75, 3.05) is 26.8 Å². The van der Waals surface area contributed by atoms with E-state index in [0.29, 0.717) is 19.8 Å². The first-order valence-corrected chi connectivity index (χ1v) is 10.4. The Morgan fingerprint density at radius 1 is 1.25 bits per heavy atom. The van der Waals surface area contributed by atoms with E-state index in [4.69, 9.17) is 15.2 Å². The predicted octanol–water partition coefficient (Wildman–Crippen LogP) is 3.82. The molecular formula is C22H37ClN2O3. The van der Waals surface area contributed by atoms with Gasteiger partial charge in [-0.15, -0.1) is 12.4 Å². The molecule has 0 bridgehead atoms. The Labute approximate surface area is 176 Å². The van der Waals surface area contributed by atoms with Crippen LogP contribution in [0.5, 0.6) is 5.75 Å². The Bertz CT molecular complexity index is 585. The number of hydrogen-bond donors (Lipinski definition) is 1. The number of halogens is 1. The maximum atomic E-state index is 12.8. The molecule has 1 saturated carbocycles. The average Bonchev–Trinajstić information content (AvgIpc) is 2.70. The van der Waals surface area contributed by atoms with Crippen LogP contribution in [0.1, 0.15) is 51.5 Å². The largest absolute Gasteiger partial charge is 0.494 e. The van der Waals surface area contributed by atoms with E-state index in [0.717, 1.165) is 44.3 Å². The highest BCUT2D eigenvalue weighted by molar-refractivity contribution is 5.85. The maximum Gasteiger partial charge on any atom is 0.225 e. The quantitative estimate of drug-likeness (QED) is 0.593. The predicted molar refractivity (Wildman–Crippen MR) is 116 cm³/mol. The summed E-state index contributed by atoms with van der Waals surface area (Å²) >= 11 is 0. The highest BCUT2D eigenvalue weighted by Crippen LogP contribution is 2.27. The third-order valence-corrected chi connectivity index (χ3v) is 5.32. The Hall–Kier alpha value is -1.30. The molecule has 28 heavy (non-hydrogen) atoms. The van der Waals surface area contributed by atoms with Crippen LogP contribution in [0.15, 0.2) is 24.3 Å². The van der Waals surface area contributed by atoms with Crippen molar-refractivity contribution in [2.24, 2.45) is 11.7 Å². The van der Waals surface area contributed by atoms with Crippen LogP contribution < -0.4 is 10.5 Å². The molecule has 0 saturated heterocycles. The molecule has 5 nitrogen and oxygen atoms in total. The third kappa shape index (κ3) is 7.61. The second kappa shape index (κ2) is 13.0. The number of benzene rings is 1. The molecule has 1 aliphatic carbocycles. The van der Waals surface area contributed by atoms with Crippen LogP contribution in [0.25, 0.3) is 0 Å². The lowest BCUT2D eigenvalue weighted by molar-refractivity contribution is -0.137. The summed E-state index contributed by atoms with van der Waals surface area (Å²) in [5.41, 5.74) is 7.44. The molecule has 1 fully saturated rings. The number of aryl methyl sites for hydroxylation is 1. The fourth-order valence-electron chi connectivity index (χ4n) is 3.61. The zero-order valence-corrected chi connectivity index (χ0v) is 18.4. The summed E-state index contributed by atoms with van der Waals surface area (Å²) in [7, 11) is 1.89. The van der Waals surface area contributed by atoms with Crippen LogP contribution in [-0.2, 0) is 16.0 Å². The van der Waals surface area contributed by atoms with Gasteiger partial charge in [-0.1, -0.05) is 26.0 Å². The van der Waals surface area contributed by atoms with Crippen molar-refractivity contribution in [3.05, 3.63) is 29.8 Å². The van der Waals surface area contributed by atoms with Gasteiger partial charge in [0.15, 0.2) is 0 Å². The molecule has 1 aromatic carbocycles. The molecule has 0 heterocycles. The van der Waals surface area contributed by atoms with Crippen LogP contribution in [-0.4, -0.2) is 49.8 Å². The molecule has 2 rings (SSSR count). The fraction of sp³-hybridized carbons (Fsp3) is 0.682. The third-order valence-electron chi connectivity index (χ3n) is 5.32. The normalized spacial score (nSPS) is 21.6. The Morgan fingerprint density at radius 2 is 2.04 bits per heavy atom. The minimum absolute atomic E-state index is 0. The number of nitrogens with zero attached hydrogens (tertiary/aromatic N) is 1. The van der Waals surface area contributed by atoms with Gasteiger partial charge in [0.05, 0.1) is 12.7 Å². The second-order valence-corrected chi connectivity index (χ2v) is 7.55. The monoisotopic (exact) mass is 412 g/mol. The Kier molecular flexibility index (Phi) is 11.5. The number of ether oxygens (including phenoxy) is 2. The maximum absolute atomic E-state index is 12.8. The molecule has 0 spiro atoms. The first kappa shape index (κ1) is 24.7. The van der Waals surface area contributed by atoms with E-state index in [-0.39, 0.29) is 36.4 Å². The van der Waals surface area contributed by atoms with Gasteiger partial charge in [0.2, 0.25) is 5.91 Å². The van der Waals surface area contributed by atoms with Crippen LogP contribution in [0, 0.1) is 5.92 Å². The highest BCUT2D eigenvalue weighted by Gasteiger charge is 2.33. The van der Waals surface area contributed by atoms with Crippen molar-refractivity contribution in [3.8, 4) is 5.75 Å². The number of hydrogen-bond acceptors (Lipinski definition) is 4. The molecule has 6 heteroatoms. The van der Waals surface area contributed by atoms with Crippen LogP contribution in [0.4, 0.5) is 0 Å². The van der Waals surface area contributed by atoms with E-state index in [9.17, 15) is 4.79 Å². The van der Waals surface area contributed by atoms with Crippen LogP contribution in [0.2, 0.25) is 0 Å². The lowest BCUT2D eigenvalue weighted by Crippen LogP contribution is -2.46. The standard InChI is InChI=1S/C22H36N2O3.ClH/c1-4-13-27-21-16-18(10-11-20(21)23)22(25)24(3)12-7-14-26-19-9-6-8-17(5-2)15-19;/h6,8-9,15,18,20-21H,4-5,7,10-14,16,23H2,1-3H3;1H/t18-,20+,21+;/m0./s1. The van der Waals surface area contributed by atoms with Crippen molar-refractivity contribution in [3.63, 3.8) is 0 Å². The molecule has 2 N–H and O–H groups in total. The first-order valence-electron chi connectivity index (χ1n) is 10.4. The van der Waals surface area contributed by atoms with E-state index < -0.39 is 0 Å². The molecule has 160 valence electrons. The van der Waals surface area contributed by atoms with Gasteiger partial charge in [-0.3, -0.25) is 4.79 Å². The van der Waals surface area contributed by atoms with E-state index in [1.54, 1.807) is 0 Å². The number of nitrogens with two attached hydrogens (primary N) is 1. The van der Waals surface area contributed by atoms with Crippen molar-refractivity contribution < 1.29 is 14.3 Å². The molecule has 0 aliphatic heterocycles. The Balaban J connectivity index is 0.00000392. The summed E-state index contributed by atoms with van der Waals surface area (Å²) in [6.45, 7) is 6.25. The summed E-state index contributed by atoms with van der Waals surface area (Å²) in [5, 5.41) is 0. The summed E-state index contributed by atoms with van der Waals surface area (Å²) in [6, 6.07) is 8.24. The van der Waals surface area contributed by atoms with Gasteiger partial charge in [-0.05, 0) is 56.2 Å². The number of rotatable bonds is 10. The lowest BCUT2D eigenvalue weighted by atomic mass is 9.83. The van der Waals surface area contributed by atoms with Gasteiger partial charge in [0, 0.05) is 32.2 Å². The van der Waals surface area contributed by atoms with Crippen molar-refractivity contribution in [1.82, 2.24) is 4.90 Å². The summed E-state index contributed by atoms with van der Waals surface area (Å²) < 4.78 is 11.7. The van der Waals surface area contributed by atoms with Crippen molar-refractivity contribution in [1.29, 1.82) is 0 Å². The van der Waals surface area contributed by atoms with Crippen molar-refractivity contribution in [2.45, 2.75) is 64.5 Å². The first-order chi connectivity index (χ1) is 13.0. The zero-order chi connectivity index (χ0) is 19.6. The summed E-state index contributed by atoms with van der Waals surface area (Å²) in [4.78, 5) is 14.6. The minimum atomic E-state index is 0. The molecular weight excluding hydrogens is 376 g/mol. The SMILES string of the molecule is CCCO[C@@H]1C[C@@H](C(=O)N(C)CCCOc2cccc(CC)c2)CC[C@H]1N.Cl. The highest BCUT2D eigenvalue weighted by atomic mass is 35.5. The fourth-order valence-corrected chi connectivity index (χ4v) is 3.61. The van der Waals surface area contributed by atoms with E-state index in [2.05, 4.69) is 26.0 Å². The topological polar surface area (TPSA) is 64.8 Å². The number of carbonyl (C=O) groups excluding carboxylic acids is 1. The molecule has 1 amide bonds. The summed E-state index contributed by atoms with van der Waals surface area (Å²) in [5.74, 6) is 1.14. The van der Waals surface area contributed by atoms with E-state index in [1.807, 2.05) is 24.1 Å². The van der Waals surface area contributed by atoms with Gasteiger partial charge in [-0.25, -0.2) is 0 Å². The van der Waals surface area contributed by atoms with Gasteiger partial charge >= 0.3 is 0 Å². The van der Waals surface area contributed by atoms with E-state index in [1.165, 1.54) is 5.56 Å². The van der Waals surface area contributed by atoms with Gasteiger partial charge in [0.25, 0.3) is 0 Å².